The number of nitrogens with one attached hydrogen (secondary N) is 1. The predicted octanol–water partition coefficient (Wildman–Crippen LogP) is 2.24. The molecular weight excluding hydrogens is 302 g/mol. The number of carboxylic acid groups (broad SMARTS) is 1. The van der Waals surface area contributed by atoms with Crippen LogP contribution in [0.1, 0.15) is 24.8 Å². The second kappa shape index (κ2) is 5.55. The minimum Gasteiger partial charge on any atom is -0.480 e. The van der Waals surface area contributed by atoms with Gasteiger partial charge in [0.1, 0.15) is 5.54 Å². The molecule has 0 aromatic heterocycles. The van der Waals surface area contributed by atoms with Crippen molar-refractivity contribution in [3.63, 3.8) is 0 Å². The number of hydrogen-bond acceptors (Lipinski definition) is 3. The van der Waals surface area contributed by atoms with E-state index in [0.29, 0.717) is 29.8 Å². The van der Waals surface area contributed by atoms with Crippen LogP contribution in [0.25, 0.3) is 6.08 Å². The maximum atomic E-state index is 11.9. The maximum absolute atomic E-state index is 11.9. The maximum Gasteiger partial charge on any atom is 0.324 e. The summed E-state index contributed by atoms with van der Waals surface area (Å²) < 4.78 is 26.0. The fraction of sp³-hybridized carbons (Fsp3) is 0.308. The van der Waals surface area contributed by atoms with Crippen LogP contribution in [0.3, 0.4) is 0 Å². The Hall–Kier alpha value is -1.37. The molecule has 1 saturated carbocycles. The zero-order chi connectivity index (χ0) is 14.8. The van der Waals surface area contributed by atoms with E-state index >= 15 is 0 Å². The number of halogens is 1. The van der Waals surface area contributed by atoms with E-state index in [4.69, 9.17) is 16.7 Å². The molecule has 0 atom stereocenters. The Morgan fingerprint density at radius 1 is 1.30 bits per heavy atom. The van der Waals surface area contributed by atoms with Crippen molar-refractivity contribution in [2.75, 3.05) is 0 Å². The summed E-state index contributed by atoms with van der Waals surface area (Å²) >= 11 is 5.73. The third kappa shape index (κ3) is 3.39. The predicted molar refractivity (Wildman–Crippen MR) is 76.8 cm³/mol. The highest BCUT2D eigenvalue weighted by atomic mass is 35.5. The first-order chi connectivity index (χ1) is 9.33. The summed E-state index contributed by atoms with van der Waals surface area (Å²) in [5.74, 6) is -1.13. The standard InChI is InChI=1S/C13H14ClNO4S/c14-11-4-2-10(3-5-11)6-9-20(18,19)15-13(12(16)17)7-1-8-13/h2-6,9,15H,1,7-8H2,(H,16,17)/b9-6+. The van der Waals surface area contributed by atoms with Crippen molar-refractivity contribution in [2.24, 2.45) is 0 Å². The molecule has 0 saturated heterocycles. The number of sulfonamides is 1. The van der Waals surface area contributed by atoms with Gasteiger partial charge in [-0.3, -0.25) is 4.79 Å². The summed E-state index contributed by atoms with van der Waals surface area (Å²) in [5.41, 5.74) is -0.679. The molecule has 0 radical (unpaired) electrons. The molecule has 2 rings (SSSR count). The van der Waals surface area contributed by atoms with Crippen molar-refractivity contribution in [1.82, 2.24) is 4.72 Å². The molecule has 2 N–H and O–H groups in total. The Labute approximate surface area is 122 Å². The van der Waals surface area contributed by atoms with Crippen LogP contribution in [0.4, 0.5) is 0 Å². The quantitative estimate of drug-likeness (QED) is 0.873. The van der Waals surface area contributed by atoms with Crippen molar-refractivity contribution in [1.29, 1.82) is 0 Å². The topological polar surface area (TPSA) is 83.5 Å². The van der Waals surface area contributed by atoms with Crippen LogP contribution in [0.2, 0.25) is 5.02 Å². The van der Waals surface area contributed by atoms with Crippen LogP contribution in [-0.2, 0) is 14.8 Å². The lowest BCUT2D eigenvalue weighted by Crippen LogP contribution is -2.58. The lowest BCUT2D eigenvalue weighted by molar-refractivity contribution is -0.147. The average Bonchev–Trinajstić information content (AvgIpc) is 2.33. The fourth-order valence-electron chi connectivity index (χ4n) is 1.94. The number of carbonyl (C=O) groups is 1. The normalized spacial score (nSPS) is 17.9. The molecule has 0 unspecified atom stereocenters. The van der Waals surface area contributed by atoms with E-state index in [0.717, 1.165) is 5.41 Å². The van der Waals surface area contributed by atoms with E-state index in [-0.39, 0.29) is 0 Å². The van der Waals surface area contributed by atoms with Gasteiger partial charge in [0.25, 0.3) is 0 Å². The van der Waals surface area contributed by atoms with Crippen molar-refractivity contribution in [2.45, 2.75) is 24.8 Å². The largest absolute Gasteiger partial charge is 0.480 e. The Kier molecular flexibility index (Phi) is 4.17. The van der Waals surface area contributed by atoms with E-state index in [1.54, 1.807) is 24.3 Å². The molecule has 5 nitrogen and oxygen atoms in total. The van der Waals surface area contributed by atoms with E-state index in [9.17, 15) is 13.2 Å². The highest BCUT2D eigenvalue weighted by Gasteiger charge is 2.46. The molecule has 0 spiro atoms. The second-order valence-corrected chi connectivity index (χ2v) is 6.74. The van der Waals surface area contributed by atoms with Gasteiger partial charge >= 0.3 is 5.97 Å². The van der Waals surface area contributed by atoms with E-state index < -0.39 is 21.5 Å². The molecule has 0 aliphatic heterocycles. The van der Waals surface area contributed by atoms with Gasteiger partial charge in [0.15, 0.2) is 0 Å². The Balaban J connectivity index is 2.11. The number of benzene rings is 1. The van der Waals surface area contributed by atoms with E-state index in [1.165, 1.54) is 6.08 Å². The van der Waals surface area contributed by atoms with Crippen molar-refractivity contribution in [3.05, 3.63) is 40.3 Å². The van der Waals surface area contributed by atoms with Gasteiger partial charge in [-0.05, 0) is 43.0 Å². The molecule has 0 bridgehead atoms. The van der Waals surface area contributed by atoms with Crippen molar-refractivity contribution >= 4 is 33.7 Å². The SMILES string of the molecule is O=C(O)C1(NS(=O)(=O)/C=C/c2ccc(Cl)cc2)CCC1. The van der Waals surface area contributed by atoms with Crippen molar-refractivity contribution < 1.29 is 18.3 Å². The summed E-state index contributed by atoms with van der Waals surface area (Å²) in [6.45, 7) is 0. The smallest absolute Gasteiger partial charge is 0.324 e. The molecule has 108 valence electrons. The Morgan fingerprint density at radius 2 is 1.90 bits per heavy atom. The van der Waals surface area contributed by atoms with Crippen LogP contribution in [0.5, 0.6) is 0 Å². The first-order valence-electron chi connectivity index (χ1n) is 6.04. The molecular formula is C13H14ClNO4S. The van der Waals surface area contributed by atoms with Gasteiger partial charge in [0, 0.05) is 10.4 Å². The number of aliphatic carboxylic acids is 1. The van der Waals surface area contributed by atoms with Gasteiger partial charge in [-0.2, -0.15) is 4.72 Å². The summed E-state index contributed by atoms with van der Waals surface area (Å²) in [6.07, 6.45) is 2.73. The van der Waals surface area contributed by atoms with Gasteiger partial charge in [0.05, 0.1) is 0 Å². The van der Waals surface area contributed by atoms with Gasteiger partial charge in [0.2, 0.25) is 10.0 Å². The highest BCUT2D eigenvalue weighted by Crippen LogP contribution is 2.32. The van der Waals surface area contributed by atoms with Gasteiger partial charge in [-0.25, -0.2) is 8.42 Å². The summed E-state index contributed by atoms with van der Waals surface area (Å²) in [5, 5.41) is 10.6. The number of hydrogen-bond donors (Lipinski definition) is 2. The van der Waals surface area contributed by atoms with Crippen LogP contribution in [-0.4, -0.2) is 25.0 Å². The average molecular weight is 316 g/mol. The molecule has 1 fully saturated rings. The van der Waals surface area contributed by atoms with Gasteiger partial charge in [-0.15, -0.1) is 0 Å². The summed E-state index contributed by atoms with van der Waals surface area (Å²) in [6, 6.07) is 6.63. The molecule has 1 aromatic rings. The molecule has 1 aliphatic rings. The molecule has 1 aromatic carbocycles. The molecule has 0 heterocycles. The molecule has 0 amide bonds. The lowest BCUT2D eigenvalue weighted by Gasteiger charge is -2.37. The number of carboxylic acids is 1. The van der Waals surface area contributed by atoms with E-state index in [1.807, 2.05) is 0 Å². The second-order valence-electron chi connectivity index (χ2n) is 4.74. The third-order valence-corrected chi connectivity index (χ3v) is 4.69. The highest BCUT2D eigenvalue weighted by molar-refractivity contribution is 7.92. The van der Waals surface area contributed by atoms with Crippen molar-refractivity contribution in [3.8, 4) is 0 Å². The van der Waals surface area contributed by atoms with Gasteiger partial charge < -0.3 is 5.11 Å². The third-order valence-electron chi connectivity index (χ3n) is 3.26. The number of rotatable bonds is 5. The lowest BCUT2D eigenvalue weighted by atomic mass is 9.78. The zero-order valence-corrected chi connectivity index (χ0v) is 12.1. The van der Waals surface area contributed by atoms with Crippen LogP contribution in [0.15, 0.2) is 29.7 Å². The Morgan fingerprint density at radius 3 is 2.35 bits per heavy atom. The monoisotopic (exact) mass is 315 g/mol. The zero-order valence-electron chi connectivity index (χ0n) is 10.5. The summed E-state index contributed by atoms with van der Waals surface area (Å²) in [4.78, 5) is 11.1. The molecule has 1 aliphatic carbocycles. The van der Waals surface area contributed by atoms with Gasteiger partial charge in [-0.1, -0.05) is 23.7 Å². The Bertz CT molecular complexity index is 633. The first kappa shape index (κ1) is 15.0. The fourth-order valence-corrected chi connectivity index (χ4v) is 3.30. The van der Waals surface area contributed by atoms with Crippen LogP contribution >= 0.6 is 11.6 Å². The molecule has 20 heavy (non-hydrogen) atoms. The molecule has 7 heteroatoms. The van der Waals surface area contributed by atoms with Crippen LogP contribution in [0, 0.1) is 0 Å². The van der Waals surface area contributed by atoms with E-state index in [2.05, 4.69) is 4.72 Å². The minimum absolute atomic E-state index is 0.316. The summed E-state index contributed by atoms with van der Waals surface area (Å²) in [7, 11) is -3.80. The van der Waals surface area contributed by atoms with Crippen LogP contribution < -0.4 is 4.72 Å². The first-order valence-corrected chi connectivity index (χ1v) is 7.96. The minimum atomic E-state index is -3.80.